The number of pyridine rings is 1. The number of fused-ring (bicyclic) bond motifs is 2. The summed E-state index contributed by atoms with van der Waals surface area (Å²) in [5, 5.41) is 11.0. The highest BCUT2D eigenvalue weighted by Gasteiger charge is 2.28. The van der Waals surface area contributed by atoms with Gasteiger partial charge in [0.15, 0.2) is 0 Å². The van der Waals surface area contributed by atoms with Gasteiger partial charge in [-0.2, -0.15) is 0 Å². The van der Waals surface area contributed by atoms with Crippen LogP contribution in [0.3, 0.4) is 0 Å². The van der Waals surface area contributed by atoms with Crippen molar-refractivity contribution in [3.8, 4) is 5.75 Å². The Balaban J connectivity index is 1.82. The van der Waals surface area contributed by atoms with Crippen molar-refractivity contribution in [2.24, 2.45) is 0 Å². The number of aromatic nitrogens is 1. The Morgan fingerprint density at radius 3 is 2.96 bits per heavy atom. The lowest BCUT2D eigenvalue weighted by molar-refractivity contribution is 0.0981. The number of aryl methyl sites for hydroxylation is 1. The minimum absolute atomic E-state index is 0.121. The Hall–Kier alpha value is -2.95. The van der Waals surface area contributed by atoms with Gasteiger partial charge < -0.3 is 10.0 Å². The average Bonchev–Trinajstić information content (AvgIpc) is 2.60. The molecule has 1 N–H and O–H groups in total. The molecule has 0 saturated heterocycles. The Morgan fingerprint density at radius 2 is 2.08 bits per heavy atom. The van der Waals surface area contributed by atoms with Crippen molar-refractivity contribution in [1.82, 2.24) is 4.98 Å². The minimum Gasteiger partial charge on any atom is -0.507 e. The normalized spacial score (nSPS) is 13.8. The Kier molecular flexibility index (Phi) is 3.41. The molecular formula is C19H15FN2O2. The zero-order valence-electron chi connectivity index (χ0n) is 12.9. The molecule has 1 aliphatic heterocycles. The summed E-state index contributed by atoms with van der Waals surface area (Å²) in [4.78, 5) is 18.6. The molecule has 1 amide bonds. The molecule has 120 valence electrons. The van der Waals surface area contributed by atoms with Gasteiger partial charge in [0.1, 0.15) is 11.6 Å². The van der Waals surface area contributed by atoms with E-state index in [1.807, 2.05) is 12.1 Å². The summed E-state index contributed by atoms with van der Waals surface area (Å²) in [6, 6.07) is 11.5. The number of benzene rings is 2. The summed E-state index contributed by atoms with van der Waals surface area (Å²) in [6.45, 7) is 0.423. The van der Waals surface area contributed by atoms with Gasteiger partial charge in [-0.25, -0.2) is 4.39 Å². The van der Waals surface area contributed by atoms with Gasteiger partial charge in [0.25, 0.3) is 5.91 Å². The molecule has 0 bridgehead atoms. The first-order valence-electron chi connectivity index (χ1n) is 7.82. The monoisotopic (exact) mass is 322 g/mol. The SMILES string of the molecule is O=C(c1cc2ncccc2cc1O)N1CCCc2cccc(F)c21. The summed E-state index contributed by atoms with van der Waals surface area (Å²) >= 11 is 0. The Bertz CT molecular complexity index is 955. The average molecular weight is 322 g/mol. The second kappa shape index (κ2) is 5.60. The van der Waals surface area contributed by atoms with Crippen LogP contribution in [0.1, 0.15) is 22.3 Å². The number of hydrogen-bond donors (Lipinski definition) is 1. The van der Waals surface area contributed by atoms with Gasteiger partial charge in [-0.15, -0.1) is 0 Å². The van der Waals surface area contributed by atoms with Crippen LogP contribution in [-0.4, -0.2) is 22.5 Å². The molecule has 2 aromatic carbocycles. The van der Waals surface area contributed by atoms with Gasteiger partial charge >= 0.3 is 0 Å². The van der Waals surface area contributed by atoms with E-state index in [0.717, 1.165) is 23.8 Å². The van der Waals surface area contributed by atoms with Gasteiger partial charge in [0.2, 0.25) is 0 Å². The van der Waals surface area contributed by atoms with Crippen molar-refractivity contribution < 1.29 is 14.3 Å². The smallest absolute Gasteiger partial charge is 0.262 e. The van der Waals surface area contributed by atoms with Gasteiger partial charge in [-0.3, -0.25) is 9.78 Å². The van der Waals surface area contributed by atoms with E-state index in [9.17, 15) is 14.3 Å². The molecule has 1 aromatic heterocycles. The van der Waals surface area contributed by atoms with Crippen LogP contribution in [0, 0.1) is 5.82 Å². The first-order chi connectivity index (χ1) is 11.6. The van der Waals surface area contributed by atoms with Crippen LogP contribution in [0.25, 0.3) is 10.9 Å². The molecule has 24 heavy (non-hydrogen) atoms. The molecule has 4 nitrogen and oxygen atoms in total. The second-order valence-electron chi connectivity index (χ2n) is 5.87. The van der Waals surface area contributed by atoms with Crippen molar-refractivity contribution in [2.45, 2.75) is 12.8 Å². The lowest BCUT2D eigenvalue weighted by Gasteiger charge is -2.30. The largest absolute Gasteiger partial charge is 0.507 e. The van der Waals surface area contributed by atoms with Crippen molar-refractivity contribution >= 4 is 22.5 Å². The van der Waals surface area contributed by atoms with Gasteiger partial charge in [-0.05, 0) is 42.7 Å². The molecule has 0 aliphatic carbocycles. The number of carbonyl (C=O) groups excluding carboxylic acids is 1. The number of halogens is 1. The van der Waals surface area contributed by atoms with Crippen LogP contribution in [0.5, 0.6) is 5.75 Å². The predicted molar refractivity (Wildman–Crippen MR) is 89.8 cm³/mol. The summed E-state index contributed by atoms with van der Waals surface area (Å²) < 4.78 is 14.3. The maximum Gasteiger partial charge on any atom is 0.262 e. The van der Waals surface area contributed by atoms with Crippen molar-refractivity contribution in [2.75, 3.05) is 11.4 Å². The molecule has 0 atom stereocenters. The van der Waals surface area contributed by atoms with E-state index in [1.54, 1.807) is 24.4 Å². The van der Waals surface area contributed by atoms with Crippen LogP contribution in [0.15, 0.2) is 48.7 Å². The molecular weight excluding hydrogens is 307 g/mol. The lowest BCUT2D eigenvalue weighted by Crippen LogP contribution is -2.36. The Labute approximate surface area is 138 Å². The second-order valence-corrected chi connectivity index (χ2v) is 5.87. The van der Waals surface area contributed by atoms with Crippen LogP contribution in [0.2, 0.25) is 0 Å². The number of anilines is 1. The lowest BCUT2D eigenvalue weighted by atomic mass is 10.00. The molecule has 0 saturated carbocycles. The van der Waals surface area contributed by atoms with E-state index in [0.29, 0.717) is 17.7 Å². The fraction of sp³-hybridized carbons (Fsp3) is 0.158. The first kappa shape index (κ1) is 14.6. The van der Waals surface area contributed by atoms with Crippen molar-refractivity contribution in [1.29, 1.82) is 0 Å². The molecule has 4 rings (SSSR count). The number of rotatable bonds is 1. The predicted octanol–water partition coefficient (Wildman–Crippen LogP) is 3.67. The molecule has 0 spiro atoms. The molecule has 2 heterocycles. The third kappa shape index (κ3) is 2.29. The maximum absolute atomic E-state index is 14.3. The van der Waals surface area contributed by atoms with Crippen LogP contribution in [-0.2, 0) is 6.42 Å². The highest BCUT2D eigenvalue weighted by atomic mass is 19.1. The van der Waals surface area contributed by atoms with Crippen molar-refractivity contribution in [3.05, 3.63) is 65.6 Å². The van der Waals surface area contributed by atoms with E-state index in [-0.39, 0.29) is 11.3 Å². The summed E-state index contributed by atoms with van der Waals surface area (Å²) in [7, 11) is 0. The topological polar surface area (TPSA) is 53.4 Å². The van der Waals surface area contributed by atoms with Gasteiger partial charge in [0.05, 0.1) is 16.8 Å². The van der Waals surface area contributed by atoms with E-state index < -0.39 is 11.7 Å². The fourth-order valence-electron chi connectivity index (χ4n) is 3.23. The molecule has 0 fully saturated rings. The van der Waals surface area contributed by atoms with E-state index >= 15 is 0 Å². The van der Waals surface area contributed by atoms with E-state index in [2.05, 4.69) is 4.98 Å². The third-order valence-electron chi connectivity index (χ3n) is 4.36. The van der Waals surface area contributed by atoms with E-state index in [4.69, 9.17) is 0 Å². The van der Waals surface area contributed by atoms with Gasteiger partial charge in [0, 0.05) is 18.1 Å². The standard InChI is InChI=1S/C19H15FN2O2/c20-15-7-1-4-12-6-3-9-22(18(12)15)19(24)14-11-16-13(10-17(14)23)5-2-8-21-16/h1-2,4-5,7-8,10-11,23H,3,6,9H2. The highest BCUT2D eigenvalue weighted by Crippen LogP contribution is 2.33. The molecule has 3 aromatic rings. The number of para-hydroxylation sites is 1. The van der Waals surface area contributed by atoms with Crippen molar-refractivity contribution in [3.63, 3.8) is 0 Å². The summed E-state index contributed by atoms with van der Waals surface area (Å²) in [5.41, 5.74) is 1.88. The number of hydrogen-bond acceptors (Lipinski definition) is 3. The number of phenols is 1. The third-order valence-corrected chi connectivity index (χ3v) is 4.36. The fourth-order valence-corrected chi connectivity index (χ4v) is 3.23. The quantitative estimate of drug-likeness (QED) is 0.744. The molecule has 0 radical (unpaired) electrons. The number of carbonyl (C=O) groups is 1. The van der Waals surface area contributed by atoms with Crippen LogP contribution >= 0.6 is 0 Å². The Morgan fingerprint density at radius 1 is 1.21 bits per heavy atom. The molecule has 1 aliphatic rings. The number of nitrogens with zero attached hydrogens (tertiary/aromatic N) is 2. The zero-order chi connectivity index (χ0) is 16.7. The van der Waals surface area contributed by atoms with E-state index in [1.165, 1.54) is 17.0 Å². The summed E-state index contributed by atoms with van der Waals surface area (Å²) in [6.07, 6.45) is 3.13. The first-order valence-corrected chi connectivity index (χ1v) is 7.82. The summed E-state index contributed by atoms with van der Waals surface area (Å²) in [5.74, 6) is -0.950. The zero-order valence-corrected chi connectivity index (χ0v) is 12.9. The number of amides is 1. The maximum atomic E-state index is 14.3. The number of phenolic OH excluding ortho intramolecular Hbond substituents is 1. The minimum atomic E-state index is -0.418. The number of aromatic hydroxyl groups is 1. The molecule has 0 unspecified atom stereocenters. The molecule has 5 heteroatoms. The highest BCUT2D eigenvalue weighted by molar-refractivity contribution is 6.10. The van der Waals surface area contributed by atoms with Crippen LogP contribution < -0.4 is 4.90 Å². The van der Waals surface area contributed by atoms with Gasteiger partial charge in [-0.1, -0.05) is 18.2 Å². The van der Waals surface area contributed by atoms with Crippen LogP contribution in [0.4, 0.5) is 10.1 Å².